The Labute approximate surface area is 193 Å². The molecular weight excluding hydrogens is 421 g/mol. The Morgan fingerprint density at radius 1 is 0.970 bits per heavy atom. The summed E-state index contributed by atoms with van der Waals surface area (Å²) in [6.07, 6.45) is 0.694. The molecule has 0 aliphatic carbocycles. The molecule has 3 aromatic carbocycles. The zero-order valence-electron chi connectivity index (χ0n) is 19.4. The van der Waals surface area contributed by atoms with Gasteiger partial charge >= 0.3 is 0 Å². The Bertz CT molecular complexity index is 1160. The lowest BCUT2D eigenvalue weighted by Crippen LogP contribution is -2.42. The van der Waals surface area contributed by atoms with Crippen LogP contribution in [0.3, 0.4) is 0 Å². The van der Waals surface area contributed by atoms with Crippen molar-refractivity contribution in [3.63, 3.8) is 0 Å². The van der Waals surface area contributed by atoms with Gasteiger partial charge in [-0.1, -0.05) is 6.07 Å². The fourth-order valence-corrected chi connectivity index (χ4v) is 4.20. The van der Waals surface area contributed by atoms with E-state index in [1.54, 1.807) is 26.4 Å². The number of hydrogen-bond acceptors (Lipinski definition) is 4. The van der Waals surface area contributed by atoms with Crippen LogP contribution in [0, 0.1) is 19.7 Å². The van der Waals surface area contributed by atoms with E-state index in [4.69, 9.17) is 14.2 Å². The fourth-order valence-electron chi connectivity index (χ4n) is 4.20. The second-order valence-corrected chi connectivity index (χ2v) is 8.23. The van der Waals surface area contributed by atoms with Gasteiger partial charge in [-0.05, 0) is 91.1 Å². The molecule has 6 heteroatoms. The van der Waals surface area contributed by atoms with E-state index in [1.165, 1.54) is 12.1 Å². The Morgan fingerprint density at radius 2 is 1.67 bits per heavy atom. The standard InChI is InChI=1S/C27H28FNO4/c1-17-5-6-20(13-18(17)2)27(30)29-12-11-19-14-25(31-3)26(32-4)15-23(19)24(29)16-33-22-9-7-21(28)8-10-22/h5-10,13-15,24H,11-12,16H2,1-4H3/t24-/m0/s1. The monoisotopic (exact) mass is 449 g/mol. The summed E-state index contributed by atoms with van der Waals surface area (Å²) < 4.78 is 30.3. The molecule has 0 aromatic heterocycles. The van der Waals surface area contributed by atoms with Crippen LogP contribution in [-0.4, -0.2) is 38.2 Å². The summed E-state index contributed by atoms with van der Waals surface area (Å²) in [5.41, 5.74) is 4.91. The van der Waals surface area contributed by atoms with Gasteiger partial charge in [0.05, 0.1) is 20.3 Å². The Morgan fingerprint density at radius 3 is 2.33 bits per heavy atom. The molecule has 172 valence electrons. The Balaban J connectivity index is 1.71. The Hall–Kier alpha value is -3.54. The quantitative estimate of drug-likeness (QED) is 0.514. The van der Waals surface area contributed by atoms with Crippen LogP contribution in [0.4, 0.5) is 4.39 Å². The van der Waals surface area contributed by atoms with Gasteiger partial charge in [0, 0.05) is 12.1 Å². The smallest absolute Gasteiger partial charge is 0.254 e. The molecule has 1 aliphatic rings. The first kappa shape index (κ1) is 22.6. The summed E-state index contributed by atoms with van der Waals surface area (Å²) in [6, 6.07) is 15.2. The molecule has 0 saturated heterocycles. The maximum Gasteiger partial charge on any atom is 0.254 e. The number of carbonyl (C=O) groups excluding carboxylic acids is 1. The average Bonchev–Trinajstić information content (AvgIpc) is 2.83. The molecule has 1 aliphatic heterocycles. The van der Waals surface area contributed by atoms with E-state index < -0.39 is 0 Å². The SMILES string of the molecule is COc1cc2c(cc1OC)[C@H](COc1ccc(F)cc1)N(C(=O)c1ccc(C)c(C)c1)CC2. The zero-order valence-corrected chi connectivity index (χ0v) is 19.4. The van der Waals surface area contributed by atoms with Crippen molar-refractivity contribution in [3.8, 4) is 17.2 Å². The summed E-state index contributed by atoms with van der Waals surface area (Å²) in [4.78, 5) is 15.4. The number of carbonyl (C=O) groups is 1. The van der Waals surface area contributed by atoms with Gasteiger partial charge < -0.3 is 19.1 Å². The number of nitrogens with zero attached hydrogens (tertiary/aromatic N) is 1. The predicted octanol–water partition coefficient (Wildman–Crippen LogP) is 5.28. The minimum Gasteiger partial charge on any atom is -0.493 e. The first-order chi connectivity index (χ1) is 15.9. The van der Waals surface area contributed by atoms with Crippen molar-refractivity contribution in [3.05, 3.63) is 88.2 Å². The number of benzene rings is 3. The van der Waals surface area contributed by atoms with Crippen molar-refractivity contribution in [1.82, 2.24) is 4.90 Å². The minimum absolute atomic E-state index is 0.0498. The number of hydrogen-bond donors (Lipinski definition) is 0. The van der Waals surface area contributed by atoms with Crippen molar-refractivity contribution >= 4 is 5.91 Å². The highest BCUT2D eigenvalue weighted by molar-refractivity contribution is 5.95. The first-order valence-corrected chi connectivity index (χ1v) is 10.9. The van der Waals surface area contributed by atoms with Crippen molar-refractivity contribution in [1.29, 1.82) is 0 Å². The van der Waals surface area contributed by atoms with Crippen LogP contribution < -0.4 is 14.2 Å². The average molecular weight is 450 g/mol. The van der Waals surface area contributed by atoms with Gasteiger partial charge in [-0.2, -0.15) is 0 Å². The molecule has 4 rings (SSSR count). The van der Waals surface area contributed by atoms with Gasteiger partial charge in [-0.25, -0.2) is 4.39 Å². The van der Waals surface area contributed by atoms with E-state index in [1.807, 2.05) is 49.1 Å². The molecule has 1 atom stereocenters. The first-order valence-electron chi connectivity index (χ1n) is 10.9. The lowest BCUT2D eigenvalue weighted by molar-refractivity contribution is 0.0589. The van der Waals surface area contributed by atoms with E-state index in [-0.39, 0.29) is 24.4 Å². The van der Waals surface area contributed by atoms with Gasteiger partial charge in [0.25, 0.3) is 5.91 Å². The lowest BCUT2D eigenvalue weighted by atomic mass is 9.91. The molecule has 0 bridgehead atoms. The van der Waals surface area contributed by atoms with Gasteiger partial charge in [-0.15, -0.1) is 0 Å². The van der Waals surface area contributed by atoms with E-state index >= 15 is 0 Å². The molecule has 0 radical (unpaired) electrons. The second-order valence-electron chi connectivity index (χ2n) is 8.23. The molecule has 33 heavy (non-hydrogen) atoms. The van der Waals surface area contributed by atoms with Gasteiger partial charge in [0.1, 0.15) is 18.2 Å². The van der Waals surface area contributed by atoms with E-state index in [0.717, 1.165) is 22.3 Å². The largest absolute Gasteiger partial charge is 0.493 e. The second kappa shape index (κ2) is 9.53. The van der Waals surface area contributed by atoms with Crippen LogP contribution in [0.5, 0.6) is 17.2 Å². The maximum atomic E-state index is 13.6. The molecule has 5 nitrogen and oxygen atoms in total. The number of halogens is 1. The fraction of sp³-hybridized carbons (Fsp3) is 0.296. The number of ether oxygens (including phenoxy) is 3. The molecule has 0 saturated carbocycles. The van der Waals surface area contributed by atoms with Crippen molar-refractivity contribution in [2.24, 2.45) is 0 Å². The summed E-state index contributed by atoms with van der Waals surface area (Å²) in [5.74, 6) is 1.43. The maximum absolute atomic E-state index is 13.6. The van der Waals surface area contributed by atoms with E-state index in [2.05, 4.69) is 0 Å². The third-order valence-corrected chi connectivity index (χ3v) is 6.24. The predicted molar refractivity (Wildman–Crippen MR) is 125 cm³/mol. The molecule has 0 spiro atoms. The summed E-state index contributed by atoms with van der Waals surface area (Å²) >= 11 is 0. The summed E-state index contributed by atoms with van der Waals surface area (Å²) in [7, 11) is 3.20. The van der Waals surface area contributed by atoms with Crippen LogP contribution >= 0.6 is 0 Å². The van der Waals surface area contributed by atoms with Crippen LogP contribution in [0.15, 0.2) is 54.6 Å². The topological polar surface area (TPSA) is 48.0 Å². The van der Waals surface area contributed by atoms with E-state index in [9.17, 15) is 9.18 Å². The summed E-state index contributed by atoms with van der Waals surface area (Å²) in [6.45, 7) is 4.81. The van der Waals surface area contributed by atoms with Crippen LogP contribution in [-0.2, 0) is 6.42 Å². The molecule has 1 amide bonds. The van der Waals surface area contributed by atoms with Gasteiger partial charge in [-0.3, -0.25) is 4.79 Å². The van der Waals surface area contributed by atoms with Crippen molar-refractivity contribution in [2.75, 3.05) is 27.4 Å². The third kappa shape index (κ3) is 4.65. The Kier molecular flexibility index (Phi) is 6.54. The zero-order chi connectivity index (χ0) is 23.5. The van der Waals surface area contributed by atoms with Crippen molar-refractivity contribution in [2.45, 2.75) is 26.3 Å². The molecule has 1 heterocycles. The number of rotatable bonds is 6. The molecule has 3 aromatic rings. The highest BCUT2D eigenvalue weighted by Crippen LogP contribution is 2.39. The van der Waals surface area contributed by atoms with Crippen LogP contribution in [0.1, 0.15) is 38.7 Å². The molecule has 0 unspecified atom stereocenters. The van der Waals surface area contributed by atoms with Gasteiger partial charge in [0.2, 0.25) is 0 Å². The molecular formula is C27H28FNO4. The lowest BCUT2D eigenvalue weighted by Gasteiger charge is -2.37. The minimum atomic E-state index is -0.340. The number of fused-ring (bicyclic) bond motifs is 1. The third-order valence-electron chi connectivity index (χ3n) is 6.24. The van der Waals surface area contributed by atoms with Crippen molar-refractivity contribution < 1.29 is 23.4 Å². The van der Waals surface area contributed by atoms with E-state index in [0.29, 0.717) is 35.8 Å². The van der Waals surface area contributed by atoms with Crippen LogP contribution in [0.25, 0.3) is 0 Å². The normalized spacial score (nSPS) is 15.1. The highest BCUT2D eigenvalue weighted by atomic mass is 19.1. The highest BCUT2D eigenvalue weighted by Gasteiger charge is 2.33. The number of amides is 1. The van der Waals surface area contributed by atoms with Crippen LogP contribution in [0.2, 0.25) is 0 Å². The number of methoxy groups -OCH3 is 2. The molecule has 0 fully saturated rings. The van der Waals surface area contributed by atoms with Gasteiger partial charge in [0.15, 0.2) is 11.5 Å². The molecule has 0 N–H and O–H groups in total. The number of aryl methyl sites for hydroxylation is 2. The summed E-state index contributed by atoms with van der Waals surface area (Å²) in [5, 5.41) is 0.